The summed E-state index contributed by atoms with van der Waals surface area (Å²) in [5, 5.41) is 0.197. The summed E-state index contributed by atoms with van der Waals surface area (Å²) in [4.78, 5) is 21.4. The summed E-state index contributed by atoms with van der Waals surface area (Å²) >= 11 is 0. The Morgan fingerprint density at radius 1 is 1.40 bits per heavy atom. The molecule has 0 saturated carbocycles. The van der Waals surface area contributed by atoms with Crippen LogP contribution in [0, 0.1) is 5.41 Å². The number of H-pyrrole nitrogens is 1. The molecular formula is C18H29N3O3Si. The Hall–Kier alpha value is -1.44. The first kappa shape index (κ1) is 18.4. The molecule has 1 N–H and O–H groups in total. The van der Waals surface area contributed by atoms with E-state index in [1.807, 2.05) is 17.1 Å². The van der Waals surface area contributed by atoms with E-state index in [1.165, 1.54) is 0 Å². The van der Waals surface area contributed by atoms with Crippen molar-refractivity contribution in [3.63, 3.8) is 0 Å². The third-order valence-electron chi connectivity index (χ3n) is 5.59. The van der Waals surface area contributed by atoms with Gasteiger partial charge in [-0.2, -0.15) is 0 Å². The predicted molar refractivity (Wildman–Crippen MR) is 103 cm³/mol. The second kappa shape index (κ2) is 6.37. The van der Waals surface area contributed by atoms with Crippen molar-refractivity contribution in [3.8, 4) is 0 Å². The van der Waals surface area contributed by atoms with Crippen molar-refractivity contribution in [2.45, 2.75) is 38.9 Å². The van der Waals surface area contributed by atoms with Crippen molar-refractivity contribution >= 4 is 20.2 Å². The highest BCUT2D eigenvalue weighted by Crippen LogP contribution is 2.38. The summed E-state index contributed by atoms with van der Waals surface area (Å²) in [6, 6.07) is 0. The number of aromatic amines is 1. The van der Waals surface area contributed by atoms with Gasteiger partial charge in [0.2, 0.25) is 0 Å². The topological polar surface area (TPSA) is 67.5 Å². The van der Waals surface area contributed by atoms with Crippen LogP contribution in [0.2, 0.25) is 18.1 Å². The molecule has 1 spiro atoms. The molecule has 2 saturated heterocycles. The fourth-order valence-corrected chi connectivity index (χ4v) is 3.78. The van der Waals surface area contributed by atoms with Gasteiger partial charge in [-0.3, -0.25) is 4.79 Å². The quantitative estimate of drug-likeness (QED) is 0.815. The minimum absolute atomic E-state index is 0.134. The van der Waals surface area contributed by atoms with Gasteiger partial charge >= 0.3 is 0 Å². The molecule has 7 heteroatoms. The van der Waals surface area contributed by atoms with Gasteiger partial charge in [-0.05, 0) is 24.2 Å². The molecule has 0 unspecified atom stereocenters. The molecule has 2 aliphatic rings. The maximum atomic E-state index is 12.1. The number of hydrogen-bond acceptors (Lipinski definition) is 5. The minimum atomic E-state index is -1.74. The van der Waals surface area contributed by atoms with Crippen LogP contribution < -0.4 is 10.5 Å². The summed E-state index contributed by atoms with van der Waals surface area (Å²) < 4.78 is 11.4. The Balaban J connectivity index is 1.60. The van der Waals surface area contributed by atoms with Crippen LogP contribution in [0.1, 0.15) is 26.5 Å². The van der Waals surface area contributed by atoms with Crippen LogP contribution in [0.3, 0.4) is 0 Å². The van der Waals surface area contributed by atoms with Gasteiger partial charge in [0.1, 0.15) is 0 Å². The Labute approximate surface area is 150 Å². The van der Waals surface area contributed by atoms with Crippen LogP contribution in [0.15, 0.2) is 17.1 Å². The SMILES string of the molecule is CC(C)(C)[Si](C)(C)OC/C=C/c1c[nH]c(=O)c(N2CC3(COC3)C2)n1. The van der Waals surface area contributed by atoms with Crippen molar-refractivity contribution in [2.24, 2.45) is 5.41 Å². The van der Waals surface area contributed by atoms with Gasteiger partial charge in [0, 0.05) is 19.3 Å². The lowest BCUT2D eigenvalue weighted by molar-refractivity contribution is -0.127. The number of hydrogen-bond donors (Lipinski definition) is 1. The first-order chi connectivity index (χ1) is 11.6. The molecule has 1 aromatic heterocycles. The van der Waals surface area contributed by atoms with Crippen LogP contribution in [-0.2, 0) is 9.16 Å². The van der Waals surface area contributed by atoms with E-state index < -0.39 is 8.32 Å². The second-order valence-electron chi connectivity index (χ2n) is 8.80. The van der Waals surface area contributed by atoms with Gasteiger partial charge in [-0.25, -0.2) is 4.98 Å². The Morgan fingerprint density at radius 2 is 2.08 bits per heavy atom. The highest BCUT2D eigenvalue weighted by molar-refractivity contribution is 6.74. The lowest BCUT2D eigenvalue weighted by Crippen LogP contribution is -2.67. The van der Waals surface area contributed by atoms with Gasteiger partial charge in [-0.1, -0.05) is 26.8 Å². The van der Waals surface area contributed by atoms with Crippen molar-refractivity contribution in [3.05, 3.63) is 28.3 Å². The molecule has 0 bridgehead atoms. The molecule has 0 amide bonds. The molecule has 0 aliphatic carbocycles. The van der Waals surface area contributed by atoms with E-state index in [4.69, 9.17) is 9.16 Å². The molecule has 0 aromatic carbocycles. The minimum Gasteiger partial charge on any atom is -0.413 e. The van der Waals surface area contributed by atoms with E-state index in [0.717, 1.165) is 32.0 Å². The maximum absolute atomic E-state index is 12.1. The summed E-state index contributed by atoms with van der Waals surface area (Å²) in [6.07, 6.45) is 5.54. The van der Waals surface area contributed by atoms with Crippen molar-refractivity contribution < 1.29 is 9.16 Å². The van der Waals surface area contributed by atoms with Crippen LogP contribution in [0.25, 0.3) is 6.08 Å². The predicted octanol–water partition coefficient (Wildman–Crippen LogP) is 2.64. The standard InChI is InChI=1S/C18H29N3O3Si/c1-17(2,3)25(4,5)24-8-6-7-14-9-19-16(22)15(20-14)21-10-18(11-21)12-23-13-18/h6-7,9H,8,10-13H2,1-5H3,(H,19,22)/b7-6+. The second-order valence-corrected chi connectivity index (χ2v) is 13.6. The molecule has 0 radical (unpaired) electrons. The largest absolute Gasteiger partial charge is 0.413 e. The lowest BCUT2D eigenvalue weighted by Gasteiger charge is -2.55. The zero-order chi connectivity index (χ0) is 18.3. The van der Waals surface area contributed by atoms with Crippen molar-refractivity contribution in [1.82, 2.24) is 9.97 Å². The Bertz CT molecular complexity index is 709. The molecule has 2 aliphatic heterocycles. The number of rotatable bonds is 5. The number of nitrogens with zero attached hydrogens (tertiary/aromatic N) is 2. The lowest BCUT2D eigenvalue weighted by atomic mass is 9.78. The van der Waals surface area contributed by atoms with Crippen molar-refractivity contribution in [1.29, 1.82) is 0 Å². The molecular weight excluding hydrogens is 334 g/mol. The summed E-state index contributed by atoms with van der Waals surface area (Å²) in [5.41, 5.74) is 0.876. The Kier molecular flexibility index (Phi) is 4.68. The van der Waals surface area contributed by atoms with Crippen LogP contribution in [-0.4, -0.2) is 51.2 Å². The number of nitrogens with one attached hydrogen (secondary N) is 1. The molecule has 3 heterocycles. The van der Waals surface area contributed by atoms with Gasteiger partial charge in [0.25, 0.3) is 5.56 Å². The fraction of sp³-hybridized carbons (Fsp3) is 0.667. The summed E-state index contributed by atoms with van der Waals surface area (Å²) in [6.45, 7) is 15.0. The fourth-order valence-electron chi connectivity index (χ4n) is 2.84. The molecule has 25 heavy (non-hydrogen) atoms. The molecule has 0 atom stereocenters. The normalized spacial score (nSPS) is 20.0. The van der Waals surface area contributed by atoms with Crippen LogP contribution >= 0.6 is 0 Å². The Morgan fingerprint density at radius 3 is 2.64 bits per heavy atom. The number of anilines is 1. The molecule has 1 aromatic rings. The van der Waals surface area contributed by atoms with Gasteiger partial charge in [0.15, 0.2) is 14.1 Å². The third-order valence-corrected chi connectivity index (χ3v) is 10.1. The monoisotopic (exact) mass is 363 g/mol. The van der Waals surface area contributed by atoms with E-state index in [0.29, 0.717) is 12.4 Å². The number of aromatic nitrogens is 2. The van der Waals surface area contributed by atoms with E-state index >= 15 is 0 Å². The van der Waals surface area contributed by atoms with Gasteiger partial charge in [0.05, 0.1) is 30.9 Å². The highest BCUT2D eigenvalue weighted by atomic mass is 28.4. The van der Waals surface area contributed by atoms with Crippen LogP contribution in [0.4, 0.5) is 5.82 Å². The highest BCUT2D eigenvalue weighted by Gasteiger charge is 2.50. The van der Waals surface area contributed by atoms with E-state index in [-0.39, 0.29) is 16.0 Å². The van der Waals surface area contributed by atoms with Crippen LogP contribution in [0.5, 0.6) is 0 Å². The zero-order valence-corrected chi connectivity index (χ0v) is 16.9. The average molecular weight is 364 g/mol. The summed E-state index contributed by atoms with van der Waals surface area (Å²) in [7, 11) is -1.74. The first-order valence-electron chi connectivity index (χ1n) is 8.85. The van der Waals surface area contributed by atoms with Crippen molar-refractivity contribution in [2.75, 3.05) is 37.8 Å². The van der Waals surface area contributed by atoms with E-state index in [1.54, 1.807) is 6.20 Å². The zero-order valence-electron chi connectivity index (χ0n) is 15.9. The summed E-state index contributed by atoms with van der Waals surface area (Å²) in [5.74, 6) is 0.505. The third kappa shape index (κ3) is 3.73. The average Bonchev–Trinajstić information content (AvgIpc) is 2.42. The first-order valence-corrected chi connectivity index (χ1v) is 11.8. The molecule has 138 valence electrons. The van der Waals surface area contributed by atoms with Gasteiger partial charge in [-0.15, -0.1) is 0 Å². The van der Waals surface area contributed by atoms with E-state index in [9.17, 15) is 4.79 Å². The molecule has 6 nitrogen and oxygen atoms in total. The number of ether oxygens (including phenoxy) is 1. The maximum Gasteiger partial charge on any atom is 0.290 e. The smallest absolute Gasteiger partial charge is 0.290 e. The molecule has 2 fully saturated rings. The van der Waals surface area contributed by atoms with Gasteiger partial charge < -0.3 is 19.0 Å². The van der Waals surface area contributed by atoms with E-state index in [2.05, 4.69) is 43.8 Å². The molecule has 3 rings (SSSR count).